The number of carbonyl (C=O) groups excluding carboxylic acids is 1. The van der Waals surface area contributed by atoms with Crippen LogP contribution in [0.1, 0.15) is 28.0 Å². The Bertz CT molecular complexity index is 825. The number of ether oxygens (including phenoxy) is 2. The van der Waals surface area contributed by atoms with Crippen molar-refractivity contribution in [3.8, 4) is 5.88 Å². The van der Waals surface area contributed by atoms with E-state index in [0.29, 0.717) is 36.6 Å². The Morgan fingerprint density at radius 3 is 2.63 bits per heavy atom. The average Bonchev–Trinajstić information content (AvgIpc) is 3.09. The van der Waals surface area contributed by atoms with Gasteiger partial charge in [-0.25, -0.2) is 14.8 Å². The lowest BCUT2D eigenvalue weighted by molar-refractivity contribution is -0.137. The van der Waals surface area contributed by atoms with E-state index in [2.05, 4.69) is 9.97 Å². The third kappa shape index (κ3) is 4.29. The molecule has 1 unspecified atom stereocenters. The molecule has 9 heteroatoms. The van der Waals surface area contributed by atoms with Crippen molar-refractivity contribution in [2.45, 2.75) is 25.6 Å². The number of halogens is 3. The van der Waals surface area contributed by atoms with Crippen molar-refractivity contribution < 1.29 is 27.4 Å². The molecule has 0 radical (unpaired) electrons. The van der Waals surface area contributed by atoms with Crippen molar-refractivity contribution >= 4 is 11.8 Å². The van der Waals surface area contributed by atoms with Crippen LogP contribution in [0, 0.1) is 6.92 Å². The lowest BCUT2D eigenvalue weighted by atomic mass is 10.2. The van der Waals surface area contributed by atoms with Crippen LogP contribution in [0.5, 0.6) is 5.88 Å². The lowest BCUT2D eigenvalue weighted by Gasteiger charge is -2.19. The average molecular weight is 381 g/mol. The predicted octanol–water partition coefficient (Wildman–Crippen LogP) is 3.25. The maximum absolute atomic E-state index is 12.6. The molecule has 3 heterocycles. The van der Waals surface area contributed by atoms with Gasteiger partial charge in [0.25, 0.3) is 0 Å². The number of hydrogen-bond acceptors (Lipinski definition) is 6. The molecule has 1 atom stereocenters. The SMILES string of the molecule is COC(=O)c1ccc(N2CCC(Oc3ccc(C(F)(F)F)cn3)C2)nc1C. The quantitative estimate of drug-likeness (QED) is 0.758. The number of hydrogen-bond donors (Lipinski definition) is 0. The molecule has 0 saturated carbocycles. The summed E-state index contributed by atoms with van der Waals surface area (Å²) >= 11 is 0. The monoisotopic (exact) mass is 381 g/mol. The van der Waals surface area contributed by atoms with Crippen LogP contribution in [0.25, 0.3) is 0 Å². The van der Waals surface area contributed by atoms with Gasteiger partial charge in [-0.05, 0) is 25.1 Å². The van der Waals surface area contributed by atoms with Gasteiger partial charge in [-0.1, -0.05) is 0 Å². The van der Waals surface area contributed by atoms with Crippen LogP contribution in [-0.4, -0.2) is 42.2 Å². The highest BCUT2D eigenvalue weighted by Gasteiger charge is 2.31. The molecule has 0 N–H and O–H groups in total. The minimum absolute atomic E-state index is 0.153. The molecule has 2 aromatic rings. The first-order valence-corrected chi connectivity index (χ1v) is 8.28. The number of esters is 1. The summed E-state index contributed by atoms with van der Waals surface area (Å²) < 4.78 is 48.1. The number of anilines is 1. The molecule has 0 aliphatic carbocycles. The zero-order valence-corrected chi connectivity index (χ0v) is 14.8. The summed E-state index contributed by atoms with van der Waals surface area (Å²) in [6, 6.07) is 5.57. The fraction of sp³-hybridized carbons (Fsp3) is 0.389. The second-order valence-electron chi connectivity index (χ2n) is 6.15. The van der Waals surface area contributed by atoms with Crippen molar-refractivity contribution in [1.29, 1.82) is 0 Å². The minimum Gasteiger partial charge on any atom is -0.472 e. The molecule has 144 valence electrons. The smallest absolute Gasteiger partial charge is 0.417 e. The molecule has 1 aliphatic rings. The van der Waals surface area contributed by atoms with Gasteiger partial charge in [0.2, 0.25) is 5.88 Å². The highest BCUT2D eigenvalue weighted by atomic mass is 19.4. The van der Waals surface area contributed by atoms with Crippen molar-refractivity contribution in [3.63, 3.8) is 0 Å². The minimum atomic E-state index is -4.42. The molecule has 0 amide bonds. The summed E-state index contributed by atoms with van der Waals surface area (Å²) in [5.74, 6) is 0.411. The normalized spacial score (nSPS) is 17.1. The second-order valence-corrected chi connectivity index (χ2v) is 6.15. The predicted molar refractivity (Wildman–Crippen MR) is 90.8 cm³/mol. The van der Waals surface area contributed by atoms with Gasteiger partial charge in [0.15, 0.2) is 0 Å². The number of nitrogens with zero attached hydrogens (tertiary/aromatic N) is 3. The molecule has 1 aliphatic heterocycles. The highest BCUT2D eigenvalue weighted by molar-refractivity contribution is 5.90. The van der Waals surface area contributed by atoms with Crippen LogP contribution in [0.3, 0.4) is 0 Å². The van der Waals surface area contributed by atoms with Gasteiger partial charge in [-0.3, -0.25) is 0 Å². The van der Waals surface area contributed by atoms with E-state index in [9.17, 15) is 18.0 Å². The number of carbonyl (C=O) groups is 1. The van der Waals surface area contributed by atoms with Crippen LogP contribution >= 0.6 is 0 Å². The molecule has 3 rings (SSSR count). The zero-order chi connectivity index (χ0) is 19.6. The number of rotatable bonds is 4. The van der Waals surface area contributed by atoms with E-state index >= 15 is 0 Å². The molecule has 6 nitrogen and oxygen atoms in total. The van der Waals surface area contributed by atoms with E-state index in [-0.39, 0.29) is 12.0 Å². The number of alkyl halides is 3. The van der Waals surface area contributed by atoms with E-state index in [1.54, 1.807) is 19.1 Å². The first-order chi connectivity index (χ1) is 12.8. The highest BCUT2D eigenvalue weighted by Crippen LogP contribution is 2.30. The molecular weight excluding hydrogens is 363 g/mol. The maximum Gasteiger partial charge on any atom is 0.417 e. The number of pyridine rings is 2. The van der Waals surface area contributed by atoms with Crippen LogP contribution in [0.15, 0.2) is 30.5 Å². The summed E-state index contributed by atoms with van der Waals surface area (Å²) in [5, 5.41) is 0. The van der Waals surface area contributed by atoms with E-state index < -0.39 is 17.7 Å². The molecule has 0 spiro atoms. The van der Waals surface area contributed by atoms with Crippen LogP contribution in [0.4, 0.5) is 19.0 Å². The van der Waals surface area contributed by atoms with Gasteiger partial charge >= 0.3 is 12.1 Å². The fourth-order valence-corrected chi connectivity index (χ4v) is 2.87. The summed E-state index contributed by atoms with van der Waals surface area (Å²) in [7, 11) is 1.31. The largest absolute Gasteiger partial charge is 0.472 e. The van der Waals surface area contributed by atoms with E-state index in [4.69, 9.17) is 9.47 Å². The van der Waals surface area contributed by atoms with Crippen molar-refractivity contribution in [1.82, 2.24) is 9.97 Å². The Labute approximate surface area is 153 Å². The maximum atomic E-state index is 12.6. The van der Waals surface area contributed by atoms with Crippen LogP contribution < -0.4 is 9.64 Å². The second kappa shape index (κ2) is 7.42. The van der Waals surface area contributed by atoms with Crippen molar-refractivity contribution in [2.75, 3.05) is 25.1 Å². The molecule has 0 aromatic carbocycles. The number of aryl methyl sites for hydroxylation is 1. The van der Waals surface area contributed by atoms with Crippen molar-refractivity contribution in [3.05, 3.63) is 47.3 Å². The molecule has 27 heavy (non-hydrogen) atoms. The molecule has 2 aromatic heterocycles. The lowest BCUT2D eigenvalue weighted by Crippen LogP contribution is -2.25. The van der Waals surface area contributed by atoms with E-state index in [0.717, 1.165) is 12.3 Å². The van der Waals surface area contributed by atoms with E-state index in [1.165, 1.54) is 13.2 Å². The first kappa shape index (κ1) is 18.9. The number of methoxy groups -OCH3 is 1. The number of aromatic nitrogens is 2. The Morgan fingerprint density at radius 1 is 1.26 bits per heavy atom. The van der Waals surface area contributed by atoms with Gasteiger partial charge < -0.3 is 14.4 Å². The summed E-state index contributed by atoms with van der Waals surface area (Å²) in [4.78, 5) is 21.8. The molecule has 0 bridgehead atoms. The van der Waals surface area contributed by atoms with Gasteiger partial charge in [0, 0.05) is 25.2 Å². The fourth-order valence-electron chi connectivity index (χ4n) is 2.87. The Kier molecular flexibility index (Phi) is 5.20. The first-order valence-electron chi connectivity index (χ1n) is 8.28. The van der Waals surface area contributed by atoms with Gasteiger partial charge in [0.1, 0.15) is 11.9 Å². The Balaban J connectivity index is 1.63. The molecular formula is C18H18F3N3O3. The zero-order valence-electron chi connectivity index (χ0n) is 14.8. The van der Waals surface area contributed by atoms with Gasteiger partial charge in [0.05, 0.1) is 30.5 Å². The third-order valence-corrected chi connectivity index (χ3v) is 4.30. The topological polar surface area (TPSA) is 64.5 Å². The molecule has 1 fully saturated rings. The van der Waals surface area contributed by atoms with Gasteiger partial charge in [-0.2, -0.15) is 13.2 Å². The molecule has 1 saturated heterocycles. The van der Waals surface area contributed by atoms with Crippen molar-refractivity contribution in [2.24, 2.45) is 0 Å². The Morgan fingerprint density at radius 2 is 2.04 bits per heavy atom. The summed E-state index contributed by atoms with van der Waals surface area (Å²) in [6.07, 6.45) is -3.19. The summed E-state index contributed by atoms with van der Waals surface area (Å²) in [5.41, 5.74) is 0.156. The Hall–Kier alpha value is -2.84. The standard InChI is InChI=1S/C18H18F3N3O3/c1-11-14(17(25)26-2)4-5-15(23-11)24-8-7-13(10-24)27-16-6-3-12(9-22-16)18(19,20)21/h3-6,9,13H,7-8,10H2,1-2H3. The van der Waals surface area contributed by atoms with E-state index in [1.807, 2.05) is 4.90 Å². The van der Waals surface area contributed by atoms with Crippen LogP contribution in [-0.2, 0) is 10.9 Å². The van der Waals surface area contributed by atoms with Gasteiger partial charge in [-0.15, -0.1) is 0 Å². The third-order valence-electron chi connectivity index (χ3n) is 4.30. The van der Waals surface area contributed by atoms with Crippen LogP contribution in [0.2, 0.25) is 0 Å². The summed E-state index contributed by atoms with van der Waals surface area (Å²) in [6.45, 7) is 2.92.